The van der Waals surface area contributed by atoms with E-state index in [0.717, 1.165) is 11.6 Å². The van der Waals surface area contributed by atoms with Crippen LogP contribution in [0.25, 0.3) is 0 Å². The topological polar surface area (TPSA) is 18.5 Å². The second-order valence-corrected chi connectivity index (χ2v) is 4.63. The molecule has 1 atom stereocenters. The lowest BCUT2D eigenvalue weighted by molar-refractivity contribution is -0.0450. The zero-order chi connectivity index (χ0) is 16.0. The highest BCUT2D eigenvalue weighted by Crippen LogP contribution is 2.39. The van der Waals surface area contributed by atoms with Gasteiger partial charge in [-0.2, -0.15) is 4.39 Å². The predicted octanol–water partition coefficient (Wildman–Crippen LogP) is 5.28. The van der Waals surface area contributed by atoms with Crippen LogP contribution in [0.5, 0.6) is 11.5 Å². The summed E-state index contributed by atoms with van der Waals surface area (Å²) >= 11 is 0. The van der Waals surface area contributed by atoms with Crippen LogP contribution in [0.4, 0.5) is 8.78 Å². The molecule has 1 aromatic rings. The molecule has 0 aliphatic heterocycles. The van der Waals surface area contributed by atoms with Crippen molar-refractivity contribution in [3.05, 3.63) is 47.3 Å². The lowest BCUT2D eigenvalue weighted by Crippen LogP contribution is -2.32. The minimum atomic E-state index is -2.46. The van der Waals surface area contributed by atoms with Crippen molar-refractivity contribution in [3.8, 4) is 11.5 Å². The average molecular weight is 296 g/mol. The van der Waals surface area contributed by atoms with Crippen molar-refractivity contribution in [2.24, 2.45) is 0 Å². The number of alkyl halides is 1. The fourth-order valence-electron chi connectivity index (χ4n) is 1.88. The van der Waals surface area contributed by atoms with Gasteiger partial charge in [0.1, 0.15) is 0 Å². The van der Waals surface area contributed by atoms with E-state index >= 15 is 0 Å². The number of benzene rings is 1. The molecular weight excluding hydrogens is 274 g/mol. The Kier molecular flexibility index (Phi) is 5.94. The van der Waals surface area contributed by atoms with Gasteiger partial charge in [0.2, 0.25) is 0 Å². The summed E-state index contributed by atoms with van der Waals surface area (Å²) in [6, 6.07) is 5.05. The van der Waals surface area contributed by atoms with Crippen molar-refractivity contribution >= 4 is 0 Å². The molecule has 0 amide bonds. The molecule has 0 saturated heterocycles. The Balaban J connectivity index is 0.00000106. The number of hydrogen-bond acceptors (Lipinski definition) is 2. The van der Waals surface area contributed by atoms with Crippen LogP contribution < -0.4 is 9.47 Å². The summed E-state index contributed by atoms with van der Waals surface area (Å²) in [4.78, 5) is 0. The molecule has 1 aliphatic carbocycles. The van der Waals surface area contributed by atoms with Gasteiger partial charge in [0, 0.05) is 6.42 Å². The number of allylic oxidation sites excluding steroid dienone is 2. The molecule has 21 heavy (non-hydrogen) atoms. The molecule has 1 aliphatic rings. The van der Waals surface area contributed by atoms with Gasteiger partial charge in [-0.1, -0.05) is 31.6 Å². The predicted molar refractivity (Wildman–Crippen MR) is 81.1 cm³/mol. The minimum Gasteiger partial charge on any atom is -0.493 e. The van der Waals surface area contributed by atoms with Gasteiger partial charge in [-0.3, -0.25) is 0 Å². The molecule has 0 saturated carbocycles. The third kappa shape index (κ3) is 4.06. The van der Waals surface area contributed by atoms with E-state index in [0.29, 0.717) is 11.3 Å². The number of rotatable bonds is 3. The second kappa shape index (κ2) is 7.25. The molecular formula is C17H22F2O2. The van der Waals surface area contributed by atoms with E-state index in [9.17, 15) is 8.78 Å². The quantitative estimate of drug-likeness (QED) is 0.755. The van der Waals surface area contributed by atoms with Gasteiger partial charge in [-0.05, 0) is 37.6 Å². The van der Waals surface area contributed by atoms with Crippen molar-refractivity contribution < 1.29 is 18.3 Å². The lowest BCUT2D eigenvalue weighted by Gasteiger charge is -2.27. The summed E-state index contributed by atoms with van der Waals surface area (Å²) < 4.78 is 38.6. The Bertz CT molecular complexity index is 550. The van der Waals surface area contributed by atoms with Crippen molar-refractivity contribution in [2.75, 3.05) is 7.11 Å². The molecule has 0 radical (unpaired) electrons. The number of ether oxygens (including phenoxy) is 2. The zero-order valence-electron chi connectivity index (χ0n) is 13.2. The molecule has 2 nitrogen and oxygen atoms in total. The van der Waals surface area contributed by atoms with Crippen LogP contribution in [0.1, 0.15) is 32.8 Å². The van der Waals surface area contributed by atoms with Gasteiger partial charge in [0.25, 0.3) is 0 Å². The summed E-state index contributed by atoms with van der Waals surface area (Å²) in [6.45, 7) is 7.59. The van der Waals surface area contributed by atoms with Gasteiger partial charge in [-0.25, -0.2) is 4.39 Å². The zero-order valence-corrected chi connectivity index (χ0v) is 13.2. The Morgan fingerprint density at radius 2 is 1.81 bits per heavy atom. The van der Waals surface area contributed by atoms with Gasteiger partial charge in [-0.15, -0.1) is 0 Å². The first kappa shape index (κ1) is 17.2. The standard InChI is InChI=1S/C15H16F2O2.C2H6/c1-10-4-5-12(13(8-10)18-3)19-15(17)7-6-11(2)9-14(15)16;1-2/h4-6,8-9H,7H2,1-3H3;1-2H3. The molecule has 2 rings (SSSR count). The summed E-state index contributed by atoms with van der Waals surface area (Å²) in [5.74, 6) is -2.81. The van der Waals surface area contributed by atoms with Gasteiger partial charge in [0.05, 0.1) is 7.11 Å². The highest BCUT2D eigenvalue weighted by molar-refractivity contribution is 5.43. The van der Waals surface area contributed by atoms with Crippen LogP contribution in [-0.2, 0) is 0 Å². The molecule has 116 valence electrons. The highest BCUT2D eigenvalue weighted by Gasteiger charge is 2.39. The minimum absolute atomic E-state index is 0.155. The highest BCUT2D eigenvalue weighted by atomic mass is 19.2. The van der Waals surface area contributed by atoms with Crippen LogP contribution in [0.3, 0.4) is 0 Å². The molecule has 0 aromatic heterocycles. The average Bonchev–Trinajstić information content (AvgIpc) is 2.48. The molecule has 1 aromatic carbocycles. The van der Waals surface area contributed by atoms with E-state index in [1.807, 2.05) is 20.8 Å². The summed E-state index contributed by atoms with van der Waals surface area (Å²) in [5.41, 5.74) is 1.64. The first-order chi connectivity index (χ1) is 9.94. The Hall–Kier alpha value is -1.84. The maximum Gasteiger partial charge on any atom is 0.303 e. The Morgan fingerprint density at radius 3 is 2.38 bits per heavy atom. The maximum absolute atomic E-state index is 14.5. The third-order valence-electron chi connectivity index (χ3n) is 2.99. The Morgan fingerprint density at radius 1 is 1.14 bits per heavy atom. The van der Waals surface area contributed by atoms with E-state index in [4.69, 9.17) is 9.47 Å². The maximum atomic E-state index is 14.5. The largest absolute Gasteiger partial charge is 0.493 e. The van der Waals surface area contributed by atoms with Crippen molar-refractivity contribution in [2.45, 2.75) is 40.0 Å². The molecule has 0 spiro atoms. The molecule has 0 bridgehead atoms. The fourth-order valence-corrected chi connectivity index (χ4v) is 1.88. The van der Waals surface area contributed by atoms with E-state index < -0.39 is 11.7 Å². The molecule has 4 heteroatoms. The Labute approximate surface area is 125 Å². The van der Waals surface area contributed by atoms with E-state index in [1.165, 1.54) is 7.11 Å². The first-order valence-corrected chi connectivity index (χ1v) is 7.01. The SMILES string of the molecule is CC.COc1cc(C)ccc1OC1(F)CC=C(C)C=C1F. The molecule has 0 heterocycles. The van der Waals surface area contributed by atoms with Gasteiger partial charge in [0.15, 0.2) is 17.3 Å². The monoisotopic (exact) mass is 296 g/mol. The first-order valence-electron chi connectivity index (χ1n) is 7.01. The smallest absolute Gasteiger partial charge is 0.303 e. The van der Waals surface area contributed by atoms with Crippen LogP contribution in [0.2, 0.25) is 0 Å². The van der Waals surface area contributed by atoms with E-state index in [1.54, 1.807) is 31.2 Å². The summed E-state index contributed by atoms with van der Waals surface area (Å²) in [6.07, 6.45) is 2.59. The number of methoxy groups -OCH3 is 1. The number of aryl methyl sites for hydroxylation is 1. The third-order valence-corrected chi connectivity index (χ3v) is 2.99. The summed E-state index contributed by atoms with van der Waals surface area (Å²) in [5, 5.41) is 0. The van der Waals surface area contributed by atoms with Gasteiger partial charge >= 0.3 is 5.85 Å². The second-order valence-electron chi connectivity index (χ2n) is 4.63. The normalized spacial score (nSPS) is 20.7. The van der Waals surface area contributed by atoms with Crippen molar-refractivity contribution in [3.63, 3.8) is 0 Å². The number of hydrogen-bond donors (Lipinski definition) is 0. The molecule has 1 unspecified atom stereocenters. The van der Waals surface area contributed by atoms with Crippen LogP contribution in [-0.4, -0.2) is 13.0 Å². The fraction of sp³-hybridized carbons (Fsp3) is 0.412. The van der Waals surface area contributed by atoms with E-state index in [-0.39, 0.29) is 12.2 Å². The molecule has 0 fully saturated rings. The van der Waals surface area contributed by atoms with Crippen molar-refractivity contribution in [1.82, 2.24) is 0 Å². The number of halogens is 2. The van der Waals surface area contributed by atoms with Gasteiger partial charge < -0.3 is 9.47 Å². The lowest BCUT2D eigenvalue weighted by atomic mass is 10.0. The van der Waals surface area contributed by atoms with Crippen molar-refractivity contribution in [1.29, 1.82) is 0 Å². The van der Waals surface area contributed by atoms with Crippen LogP contribution in [0.15, 0.2) is 41.8 Å². The molecule has 0 N–H and O–H groups in total. The summed E-state index contributed by atoms with van der Waals surface area (Å²) in [7, 11) is 1.46. The van der Waals surface area contributed by atoms with Crippen LogP contribution in [0, 0.1) is 6.92 Å². The van der Waals surface area contributed by atoms with Crippen LogP contribution >= 0.6 is 0 Å². The van der Waals surface area contributed by atoms with E-state index in [2.05, 4.69) is 0 Å².